The minimum atomic E-state index is -0.462. The molecule has 2 amide bonds. The molecule has 1 fully saturated rings. The Balaban J connectivity index is 2.30. The van der Waals surface area contributed by atoms with Crippen molar-refractivity contribution in [3.05, 3.63) is 0 Å². The van der Waals surface area contributed by atoms with E-state index in [0.717, 1.165) is 19.4 Å². The van der Waals surface area contributed by atoms with Gasteiger partial charge in [-0.15, -0.1) is 0 Å². The molecule has 22 heavy (non-hydrogen) atoms. The fourth-order valence-corrected chi connectivity index (χ4v) is 2.63. The summed E-state index contributed by atoms with van der Waals surface area (Å²) in [6, 6.07) is -0.915. The van der Waals surface area contributed by atoms with Gasteiger partial charge in [-0.2, -0.15) is 0 Å². The van der Waals surface area contributed by atoms with E-state index in [-0.39, 0.29) is 11.8 Å². The lowest BCUT2D eigenvalue weighted by Crippen LogP contribution is -2.60. The predicted octanol–water partition coefficient (Wildman–Crippen LogP) is -0.777. The van der Waals surface area contributed by atoms with Crippen molar-refractivity contribution in [1.82, 2.24) is 15.5 Å². The lowest BCUT2D eigenvalue weighted by molar-refractivity contribution is -0.136. The lowest BCUT2D eigenvalue weighted by Gasteiger charge is -2.28. The van der Waals surface area contributed by atoms with Crippen molar-refractivity contribution in [2.24, 2.45) is 0 Å². The fraction of sp³-hybridized carbons (Fsp3) is 0.867. The summed E-state index contributed by atoms with van der Waals surface area (Å²) < 4.78 is 0. The number of amides is 2. The van der Waals surface area contributed by atoms with Crippen molar-refractivity contribution >= 4 is 11.8 Å². The van der Waals surface area contributed by atoms with E-state index in [0.29, 0.717) is 19.5 Å². The molecular formula is C15H29N3O4. The minimum absolute atomic E-state index is 0.128. The number of aliphatic hydroxyl groups excluding tert-OH is 2. The summed E-state index contributed by atoms with van der Waals surface area (Å²) in [6.07, 6.45) is 1.35. The monoisotopic (exact) mass is 315 g/mol. The second kappa shape index (κ2) is 9.07. The van der Waals surface area contributed by atoms with E-state index in [1.54, 1.807) is 20.8 Å². The van der Waals surface area contributed by atoms with Crippen molar-refractivity contribution in [3.8, 4) is 0 Å². The highest BCUT2D eigenvalue weighted by atomic mass is 16.3. The normalized spacial score (nSPS) is 24.8. The van der Waals surface area contributed by atoms with Gasteiger partial charge in [0.25, 0.3) is 0 Å². The third kappa shape index (κ3) is 6.72. The molecule has 0 aromatic heterocycles. The van der Waals surface area contributed by atoms with Crippen LogP contribution in [0.15, 0.2) is 0 Å². The zero-order valence-corrected chi connectivity index (χ0v) is 13.7. The molecule has 1 aliphatic heterocycles. The topological polar surface area (TPSA) is 102 Å². The number of nitrogens with zero attached hydrogens (tertiary/aromatic N) is 1. The maximum Gasteiger partial charge on any atom is 0.243 e. The van der Waals surface area contributed by atoms with Gasteiger partial charge < -0.3 is 20.8 Å². The Morgan fingerprint density at radius 3 is 2.18 bits per heavy atom. The summed E-state index contributed by atoms with van der Waals surface area (Å²) in [4.78, 5) is 25.3. The highest BCUT2D eigenvalue weighted by Crippen LogP contribution is 2.07. The molecule has 128 valence electrons. The van der Waals surface area contributed by atoms with Gasteiger partial charge in [-0.1, -0.05) is 0 Å². The van der Waals surface area contributed by atoms with E-state index < -0.39 is 24.3 Å². The zero-order valence-electron chi connectivity index (χ0n) is 13.7. The molecule has 7 nitrogen and oxygen atoms in total. The summed E-state index contributed by atoms with van der Waals surface area (Å²) in [7, 11) is 0. The maximum absolute atomic E-state index is 11.8. The Kier molecular flexibility index (Phi) is 7.78. The average Bonchev–Trinajstić information content (AvgIpc) is 2.38. The Morgan fingerprint density at radius 2 is 1.64 bits per heavy atom. The fourth-order valence-electron chi connectivity index (χ4n) is 2.63. The highest BCUT2D eigenvalue weighted by Gasteiger charge is 2.30. The molecule has 1 aliphatic rings. The van der Waals surface area contributed by atoms with Gasteiger partial charge >= 0.3 is 0 Å². The number of carbonyl (C=O) groups excluding carboxylic acids is 2. The molecule has 0 spiro atoms. The number of piperazine rings is 1. The van der Waals surface area contributed by atoms with Crippen LogP contribution in [0.25, 0.3) is 0 Å². The largest absolute Gasteiger partial charge is 0.392 e. The van der Waals surface area contributed by atoms with Gasteiger partial charge in [-0.3, -0.25) is 14.5 Å². The molecule has 0 saturated carbocycles. The van der Waals surface area contributed by atoms with Crippen LogP contribution in [0.5, 0.6) is 0 Å². The summed E-state index contributed by atoms with van der Waals surface area (Å²) in [5.41, 5.74) is 0. The molecule has 0 radical (unpaired) electrons. The number of hydrogen-bond acceptors (Lipinski definition) is 5. The molecule has 0 aromatic carbocycles. The molecule has 4 atom stereocenters. The maximum atomic E-state index is 11.8. The van der Waals surface area contributed by atoms with Gasteiger partial charge in [0.05, 0.1) is 12.2 Å². The van der Waals surface area contributed by atoms with Crippen LogP contribution in [0.2, 0.25) is 0 Å². The molecule has 1 saturated heterocycles. The van der Waals surface area contributed by atoms with Gasteiger partial charge in [0.15, 0.2) is 0 Å². The first kappa shape index (κ1) is 18.9. The van der Waals surface area contributed by atoms with Crippen LogP contribution in [-0.2, 0) is 9.59 Å². The molecule has 0 aromatic rings. The number of aliphatic hydroxyl groups is 2. The molecule has 4 N–H and O–H groups in total. The average molecular weight is 315 g/mol. The smallest absolute Gasteiger partial charge is 0.243 e. The van der Waals surface area contributed by atoms with E-state index in [9.17, 15) is 19.8 Å². The number of hydrogen-bond donors (Lipinski definition) is 4. The van der Waals surface area contributed by atoms with Crippen LogP contribution >= 0.6 is 0 Å². The summed E-state index contributed by atoms with van der Waals surface area (Å²) in [5.74, 6) is -0.272. The third-order valence-electron chi connectivity index (χ3n) is 3.65. The minimum Gasteiger partial charge on any atom is -0.392 e. The van der Waals surface area contributed by atoms with Crippen molar-refractivity contribution in [2.75, 3.05) is 19.6 Å². The van der Waals surface area contributed by atoms with Crippen molar-refractivity contribution < 1.29 is 19.8 Å². The summed E-state index contributed by atoms with van der Waals surface area (Å²) >= 11 is 0. The van der Waals surface area contributed by atoms with Crippen LogP contribution in [0.4, 0.5) is 0 Å². The zero-order chi connectivity index (χ0) is 16.7. The second-order valence-electron chi connectivity index (χ2n) is 6.24. The van der Waals surface area contributed by atoms with E-state index in [2.05, 4.69) is 10.6 Å². The number of nitrogens with one attached hydrogen (secondary N) is 2. The van der Waals surface area contributed by atoms with E-state index in [4.69, 9.17) is 0 Å². The van der Waals surface area contributed by atoms with Gasteiger partial charge in [-0.05, 0) is 46.6 Å². The SMILES string of the molecule is CC(O)CN(CCCCC1NC(=O)C(C)NC1=O)CC(C)O. The third-order valence-corrected chi connectivity index (χ3v) is 3.65. The van der Waals surface area contributed by atoms with Crippen LogP contribution in [0.3, 0.4) is 0 Å². The molecule has 4 unspecified atom stereocenters. The second-order valence-corrected chi connectivity index (χ2v) is 6.24. The Bertz CT molecular complexity index is 364. The number of carbonyl (C=O) groups is 2. The quantitative estimate of drug-likeness (QED) is 0.418. The predicted molar refractivity (Wildman–Crippen MR) is 83.2 cm³/mol. The van der Waals surface area contributed by atoms with Crippen LogP contribution in [0.1, 0.15) is 40.0 Å². The van der Waals surface area contributed by atoms with Gasteiger partial charge in [0, 0.05) is 13.1 Å². The highest BCUT2D eigenvalue weighted by molar-refractivity contribution is 5.96. The molecule has 0 aliphatic carbocycles. The van der Waals surface area contributed by atoms with E-state index >= 15 is 0 Å². The van der Waals surface area contributed by atoms with E-state index in [1.807, 2.05) is 4.90 Å². The molecule has 7 heteroatoms. The van der Waals surface area contributed by atoms with Gasteiger partial charge in [0.2, 0.25) is 11.8 Å². The molecule has 0 bridgehead atoms. The number of unbranched alkanes of at least 4 members (excludes halogenated alkanes) is 1. The molecule has 1 heterocycles. The first-order valence-electron chi connectivity index (χ1n) is 7.98. The summed E-state index contributed by atoms with van der Waals surface area (Å²) in [6.45, 7) is 6.88. The van der Waals surface area contributed by atoms with E-state index in [1.165, 1.54) is 0 Å². The standard InChI is InChI=1S/C15H29N3O4/c1-10(19)8-18(9-11(2)20)7-5-4-6-13-15(22)16-12(3)14(21)17-13/h10-13,19-20H,4-9H2,1-3H3,(H,16,22)(H,17,21). The first-order chi connectivity index (χ1) is 10.3. The van der Waals surface area contributed by atoms with Crippen molar-refractivity contribution in [3.63, 3.8) is 0 Å². The van der Waals surface area contributed by atoms with Crippen molar-refractivity contribution in [1.29, 1.82) is 0 Å². The molecule has 1 rings (SSSR count). The Labute approximate surface area is 132 Å². The van der Waals surface area contributed by atoms with Crippen LogP contribution in [0, 0.1) is 0 Å². The van der Waals surface area contributed by atoms with Gasteiger partial charge in [-0.25, -0.2) is 0 Å². The molecular weight excluding hydrogens is 286 g/mol. The Hall–Kier alpha value is -1.18. The summed E-state index contributed by atoms with van der Waals surface area (Å²) in [5, 5.41) is 24.3. The van der Waals surface area contributed by atoms with Crippen molar-refractivity contribution in [2.45, 2.75) is 64.3 Å². The number of rotatable bonds is 9. The van der Waals surface area contributed by atoms with Gasteiger partial charge in [0.1, 0.15) is 12.1 Å². The van der Waals surface area contributed by atoms with Crippen LogP contribution in [-0.4, -0.2) is 70.9 Å². The van der Waals surface area contributed by atoms with Crippen LogP contribution < -0.4 is 10.6 Å². The first-order valence-corrected chi connectivity index (χ1v) is 7.98. The Morgan fingerprint density at radius 1 is 1.05 bits per heavy atom. The lowest BCUT2D eigenvalue weighted by atomic mass is 10.0.